The minimum absolute atomic E-state index is 0.538. The molecule has 5 saturated carbocycles. The van der Waals surface area contributed by atoms with E-state index < -0.39 is 0 Å². The van der Waals surface area contributed by atoms with Crippen LogP contribution in [0.5, 0.6) is 0 Å². The highest BCUT2D eigenvalue weighted by molar-refractivity contribution is 5.29. The lowest BCUT2D eigenvalue weighted by Gasteiger charge is -2.61. The zero-order valence-corrected chi connectivity index (χ0v) is 19.0. The third-order valence-electron chi connectivity index (χ3n) is 11.3. The molecule has 7 rings (SSSR count). The van der Waals surface area contributed by atoms with E-state index in [0.717, 1.165) is 29.6 Å². The van der Waals surface area contributed by atoms with Crippen LogP contribution in [0.2, 0.25) is 0 Å². The van der Waals surface area contributed by atoms with E-state index in [2.05, 4.69) is 56.0 Å². The monoisotopic (exact) mass is 391 g/mol. The van der Waals surface area contributed by atoms with Gasteiger partial charge < -0.3 is 4.90 Å². The molecule has 1 saturated heterocycles. The summed E-state index contributed by atoms with van der Waals surface area (Å²) in [5, 5.41) is 0. The summed E-state index contributed by atoms with van der Waals surface area (Å²) < 4.78 is 0. The average molecular weight is 392 g/mol. The topological polar surface area (TPSA) is 3.24 Å². The second-order valence-electron chi connectivity index (χ2n) is 12.8. The fourth-order valence-corrected chi connectivity index (χ4v) is 9.39. The van der Waals surface area contributed by atoms with E-state index in [1.807, 2.05) is 0 Å². The van der Waals surface area contributed by atoms with Gasteiger partial charge in [-0.25, -0.2) is 0 Å². The predicted molar refractivity (Wildman–Crippen MR) is 121 cm³/mol. The van der Waals surface area contributed by atoms with Gasteiger partial charge in [0.05, 0.1) is 0 Å². The fourth-order valence-electron chi connectivity index (χ4n) is 9.39. The predicted octanol–water partition coefficient (Wildman–Crippen LogP) is 6.53. The molecule has 6 fully saturated rings. The summed E-state index contributed by atoms with van der Waals surface area (Å²) in [6.07, 6.45) is 12.0. The number of nitrogens with zero attached hydrogens (tertiary/aromatic N) is 1. The number of benzene rings is 1. The quantitative estimate of drug-likeness (QED) is 0.564. The fraction of sp³-hybridized carbons (Fsp3) is 0.786. The molecule has 6 bridgehead atoms. The van der Waals surface area contributed by atoms with E-state index in [4.69, 9.17) is 0 Å². The average Bonchev–Trinajstić information content (AvgIpc) is 2.82. The Morgan fingerprint density at radius 3 is 2.38 bits per heavy atom. The summed E-state index contributed by atoms with van der Waals surface area (Å²) in [7, 11) is 0. The Hall–Kier alpha value is -0.820. The van der Waals surface area contributed by atoms with Crippen LogP contribution in [0.4, 0.5) is 0 Å². The molecule has 1 heteroatoms. The summed E-state index contributed by atoms with van der Waals surface area (Å²) >= 11 is 0. The summed E-state index contributed by atoms with van der Waals surface area (Å²) in [6, 6.07) is 11.6. The molecule has 5 aliphatic carbocycles. The zero-order valence-electron chi connectivity index (χ0n) is 19.0. The van der Waals surface area contributed by atoms with Crippen LogP contribution in [0, 0.1) is 40.4 Å². The molecule has 0 spiro atoms. The molecule has 0 amide bonds. The maximum atomic E-state index is 2.89. The second kappa shape index (κ2) is 6.35. The Morgan fingerprint density at radius 1 is 0.966 bits per heavy atom. The van der Waals surface area contributed by atoms with Crippen molar-refractivity contribution in [2.75, 3.05) is 19.6 Å². The van der Waals surface area contributed by atoms with Gasteiger partial charge in [0, 0.05) is 13.1 Å². The third-order valence-corrected chi connectivity index (χ3v) is 11.3. The Bertz CT molecular complexity index is 750. The largest absolute Gasteiger partial charge is 0.302 e. The highest BCUT2D eigenvalue weighted by atomic mass is 15.2. The minimum atomic E-state index is 0.538. The lowest BCUT2D eigenvalue weighted by Crippen LogP contribution is -2.55. The van der Waals surface area contributed by atoms with Crippen LogP contribution in [0.15, 0.2) is 30.3 Å². The van der Waals surface area contributed by atoms with E-state index in [-0.39, 0.29) is 0 Å². The molecule has 1 aromatic rings. The molecule has 2 unspecified atom stereocenters. The van der Waals surface area contributed by atoms with E-state index in [9.17, 15) is 0 Å². The Kier molecular flexibility index (Phi) is 4.14. The van der Waals surface area contributed by atoms with E-state index in [0.29, 0.717) is 16.2 Å². The highest BCUT2D eigenvalue weighted by Gasteiger charge is 2.57. The van der Waals surface area contributed by atoms with Crippen LogP contribution in [0.3, 0.4) is 0 Å². The third kappa shape index (κ3) is 2.75. The van der Waals surface area contributed by atoms with Gasteiger partial charge in [-0.1, -0.05) is 51.1 Å². The van der Waals surface area contributed by atoms with Crippen LogP contribution in [0.1, 0.15) is 77.7 Å². The molecule has 6 aliphatic rings. The normalized spacial score (nSPS) is 47.6. The summed E-state index contributed by atoms with van der Waals surface area (Å²) in [5.41, 5.74) is 3.31. The maximum Gasteiger partial charge on any atom is 0.00407 e. The summed E-state index contributed by atoms with van der Waals surface area (Å²) in [5.74, 6) is 4.99. The van der Waals surface area contributed by atoms with Gasteiger partial charge in [-0.05, 0) is 109 Å². The first kappa shape index (κ1) is 18.9. The van der Waals surface area contributed by atoms with Gasteiger partial charge in [0.25, 0.3) is 0 Å². The van der Waals surface area contributed by atoms with Crippen molar-refractivity contribution in [2.45, 2.75) is 77.6 Å². The number of fused-ring (bicyclic) bond motifs is 2. The van der Waals surface area contributed by atoms with Crippen LogP contribution in [-0.2, 0) is 5.41 Å². The second-order valence-corrected chi connectivity index (χ2v) is 12.8. The van der Waals surface area contributed by atoms with E-state index >= 15 is 0 Å². The molecule has 0 radical (unpaired) electrons. The van der Waals surface area contributed by atoms with Crippen molar-refractivity contribution in [1.82, 2.24) is 4.90 Å². The van der Waals surface area contributed by atoms with Crippen LogP contribution in [0.25, 0.3) is 0 Å². The molecule has 4 atom stereocenters. The van der Waals surface area contributed by atoms with E-state index in [1.165, 1.54) is 58.2 Å². The molecule has 29 heavy (non-hydrogen) atoms. The molecule has 158 valence electrons. The molecular weight excluding hydrogens is 350 g/mol. The van der Waals surface area contributed by atoms with Crippen molar-refractivity contribution >= 4 is 0 Å². The molecule has 0 aromatic heterocycles. The van der Waals surface area contributed by atoms with Crippen molar-refractivity contribution in [3.8, 4) is 0 Å². The maximum absolute atomic E-state index is 2.89. The number of hydrogen-bond acceptors (Lipinski definition) is 1. The number of rotatable bonds is 4. The van der Waals surface area contributed by atoms with Gasteiger partial charge >= 0.3 is 0 Å². The lowest BCUT2D eigenvalue weighted by molar-refractivity contribution is -0.0684. The molecule has 0 N–H and O–H groups in total. The van der Waals surface area contributed by atoms with Gasteiger partial charge in [0.2, 0.25) is 0 Å². The van der Waals surface area contributed by atoms with E-state index in [1.54, 1.807) is 18.4 Å². The first-order valence-corrected chi connectivity index (χ1v) is 12.7. The smallest absolute Gasteiger partial charge is 0.00407 e. The molecule has 1 aromatic carbocycles. The minimum Gasteiger partial charge on any atom is -0.302 e. The van der Waals surface area contributed by atoms with Gasteiger partial charge in [-0.3, -0.25) is 0 Å². The molecule has 1 nitrogen and oxygen atoms in total. The lowest BCUT2D eigenvalue weighted by atomic mass is 9.44. The van der Waals surface area contributed by atoms with Gasteiger partial charge in [-0.15, -0.1) is 0 Å². The number of piperidine rings is 1. The first-order chi connectivity index (χ1) is 13.9. The van der Waals surface area contributed by atoms with Crippen molar-refractivity contribution < 1.29 is 0 Å². The summed E-state index contributed by atoms with van der Waals surface area (Å²) in [4.78, 5) is 2.89. The highest BCUT2D eigenvalue weighted by Crippen LogP contribution is 2.64. The Labute approximate surface area is 178 Å². The number of likely N-dealkylation sites (tertiary alicyclic amines) is 1. The van der Waals surface area contributed by atoms with Gasteiger partial charge in [0.1, 0.15) is 0 Å². The molecular formula is C28H41N. The number of hydrogen-bond donors (Lipinski definition) is 0. The SMILES string of the molecule is CC1(C)[C@H]2CC[C@]1(C)CN(CCC1C3CC4CC1CC(c1ccccc1)(C4)C3)C2. The Balaban J connectivity index is 1.15. The standard InChI is InChI=1S/C28H41N/c1-26(2)24-9-11-27(26,3)19-29(18-24)12-10-25-21-13-20-14-22(25)17-28(15-20,16-21)23-7-5-4-6-8-23/h4-8,20-22,24-25H,9-19H2,1-3H3/t20?,21?,22?,24-,25?,27+,28?/m0/s1. The van der Waals surface area contributed by atoms with Crippen molar-refractivity contribution in [3.63, 3.8) is 0 Å². The van der Waals surface area contributed by atoms with Crippen LogP contribution in [-0.4, -0.2) is 24.5 Å². The molecule has 1 aliphatic heterocycles. The van der Waals surface area contributed by atoms with Crippen molar-refractivity contribution in [3.05, 3.63) is 35.9 Å². The van der Waals surface area contributed by atoms with Crippen LogP contribution < -0.4 is 0 Å². The van der Waals surface area contributed by atoms with Gasteiger partial charge in [0.15, 0.2) is 0 Å². The van der Waals surface area contributed by atoms with Crippen molar-refractivity contribution in [2.24, 2.45) is 40.4 Å². The molecule has 1 heterocycles. The van der Waals surface area contributed by atoms with Gasteiger partial charge in [-0.2, -0.15) is 0 Å². The first-order valence-electron chi connectivity index (χ1n) is 12.7. The summed E-state index contributed by atoms with van der Waals surface area (Å²) in [6.45, 7) is 11.8. The Morgan fingerprint density at radius 2 is 1.69 bits per heavy atom. The van der Waals surface area contributed by atoms with Crippen molar-refractivity contribution in [1.29, 1.82) is 0 Å². The zero-order chi connectivity index (χ0) is 19.9. The van der Waals surface area contributed by atoms with Crippen LogP contribution >= 0.6 is 0 Å².